The first-order valence-corrected chi connectivity index (χ1v) is 6.47. The second-order valence-electron chi connectivity index (χ2n) is 4.13. The number of amides is 1. The number of carbonyl (C=O) groups excluding carboxylic acids is 1. The van der Waals surface area contributed by atoms with E-state index in [0.717, 1.165) is 11.3 Å². The number of nitrogens with one attached hydrogen (secondary N) is 1. The smallest absolute Gasteiger partial charge is 0.246 e. The number of hydrogen-bond donors (Lipinski definition) is 2. The molecule has 19 heavy (non-hydrogen) atoms. The number of benzene rings is 1. The predicted molar refractivity (Wildman–Crippen MR) is 74.0 cm³/mol. The average molecular weight is 266 g/mol. The van der Waals surface area contributed by atoms with Gasteiger partial charge in [-0.3, -0.25) is 4.79 Å². The van der Waals surface area contributed by atoms with Gasteiger partial charge >= 0.3 is 0 Å². The fraction of sp³-hybridized carbons (Fsp3) is 0.500. The third-order valence-corrected chi connectivity index (χ3v) is 2.56. The number of rotatable bonds is 8. The summed E-state index contributed by atoms with van der Waals surface area (Å²) in [6.07, 6.45) is 0. The Morgan fingerprint density at radius 3 is 2.63 bits per heavy atom. The molecule has 0 heterocycles. The molecule has 0 saturated carbocycles. The lowest BCUT2D eigenvalue weighted by atomic mass is 10.1. The van der Waals surface area contributed by atoms with Crippen molar-refractivity contribution in [2.45, 2.75) is 19.9 Å². The maximum absolute atomic E-state index is 11.6. The summed E-state index contributed by atoms with van der Waals surface area (Å²) in [6.45, 7) is 5.36. The van der Waals surface area contributed by atoms with E-state index in [4.69, 9.17) is 15.2 Å². The van der Waals surface area contributed by atoms with E-state index in [1.54, 1.807) is 0 Å². The van der Waals surface area contributed by atoms with Gasteiger partial charge < -0.3 is 20.5 Å². The van der Waals surface area contributed by atoms with Crippen LogP contribution in [0.5, 0.6) is 5.75 Å². The van der Waals surface area contributed by atoms with Crippen LogP contribution in [0.4, 0.5) is 0 Å². The minimum absolute atomic E-state index is 0.0402. The van der Waals surface area contributed by atoms with Crippen LogP contribution in [0.25, 0.3) is 0 Å². The molecule has 0 bridgehead atoms. The molecule has 5 heteroatoms. The van der Waals surface area contributed by atoms with Crippen molar-refractivity contribution in [3.05, 3.63) is 29.8 Å². The Morgan fingerprint density at radius 2 is 2.05 bits per heavy atom. The molecule has 106 valence electrons. The lowest BCUT2D eigenvalue weighted by Gasteiger charge is -2.15. The number of hydrogen-bond acceptors (Lipinski definition) is 4. The van der Waals surface area contributed by atoms with Crippen molar-refractivity contribution in [1.29, 1.82) is 0 Å². The van der Waals surface area contributed by atoms with Crippen LogP contribution >= 0.6 is 0 Å². The SMILES string of the molecule is CCOc1ccc(C(C)NC(=O)COCCN)cc1. The van der Waals surface area contributed by atoms with Crippen LogP contribution in [0.15, 0.2) is 24.3 Å². The lowest BCUT2D eigenvalue weighted by Crippen LogP contribution is -2.30. The van der Waals surface area contributed by atoms with Gasteiger partial charge in [0.15, 0.2) is 0 Å². The summed E-state index contributed by atoms with van der Waals surface area (Å²) in [7, 11) is 0. The van der Waals surface area contributed by atoms with Crippen LogP contribution in [-0.2, 0) is 9.53 Å². The van der Waals surface area contributed by atoms with Crippen LogP contribution in [-0.4, -0.2) is 32.3 Å². The van der Waals surface area contributed by atoms with Gasteiger partial charge in [-0.15, -0.1) is 0 Å². The van der Waals surface area contributed by atoms with Gasteiger partial charge in [0.25, 0.3) is 0 Å². The van der Waals surface area contributed by atoms with E-state index in [9.17, 15) is 4.79 Å². The summed E-state index contributed by atoms with van der Waals surface area (Å²) in [5, 5.41) is 2.86. The minimum Gasteiger partial charge on any atom is -0.494 e. The monoisotopic (exact) mass is 266 g/mol. The zero-order valence-electron chi connectivity index (χ0n) is 11.5. The van der Waals surface area contributed by atoms with Gasteiger partial charge in [0, 0.05) is 6.54 Å². The molecule has 1 aromatic rings. The Hall–Kier alpha value is -1.59. The third kappa shape index (κ3) is 5.72. The molecule has 0 spiro atoms. The molecule has 0 radical (unpaired) electrons. The molecule has 0 saturated heterocycles. The van der Waals surface area contributed by atoms with Crippen molar-refractivity contribution in [3.8, 4) is 5.75 Å². The Kier molecular flexibility index (Phi) is 6.92. The van der Waals surface area contributed by atoms with Gasteiger partial charge in [-0.2, -0.15) is 0 Å². The Labute approximate surface area is 114 Å². The van der Waals surface area contributed by atoms with Gasteiger partial charge in [-0.05, 0) is 31.5 Å². The normalized spacial score (nSPS) is 11.9. The zero-order valence-corrected chi connectivity index (χ0v) is 11.5. The van der Waals surface area contributed by atoms with Crippen LogP contribution in [0.1, 0.15) is 25.5 Å². The highest BCUT2D eigenvalue weighted by atomic mass is 16.5. The van der Waals surface area contributed by atoms with E-state index < -0.39 is 0 Å². The maximum Gasteiger partial charge on any atom is 0.246 e. The van der Waals surface area contributed by atoms with Crippen molar-refractivity contribution >= 4 is 5.91 Å². The Bertz CT molecular complexity index is 379. The van der Waals surface area contributed by atoms with Gasteiger partial charge in [-0.1, -0.05) is 12.1 Å². The molecular weight excluding hydrogens is 244 g/mol. The maximum atomic E-state index is 11.6. The zero-order chi connectivity index (χ0) is 14.1. The molecule has 1 unspecified atom stereocenters. The molecule has 1 amide bonds. The predicted octanol–water partition coefficient (Wildman–Crippen LogP) is 1.24. The summed E-state index contributed by atoms with van der Waals surface area (Å²) in [4.78, 5) is 11.6. The molecule has 5 nitrogen and oxygen atoms in total. The van der Waals surface area contributed by atoms with Gasteiger partial charge in [-0.25, -0.2) is 0 Å². The highest BCUT2D eigenvalue weighted by Gasteiger charge is 2.09. The highest BCUT2D eigenvalue weighted by Crippen LogP contribution is 2.17. The second-order valence-corrected chi connectivity index (χ2v) is 4.13. The molecule has 0 aliphatic carbocycles. The summed E-state index contributed by atoms with van der Waals surface area (Å²) in [5.41, 5.74) is 6.30. The van der Waals surface area contributed by atoms with Crippen molar-refractivity contribution in [3.63, 3.8) is 0 Å². The van der Waals surface area contributed by atoms with Crippen molar-refractivity contribution in [2.75, 3.05) is 26.4 Å². The molecule has 0 aliphatic heterocycles. The number of carbonyl (C=O) groups is 1. The molecule has 1 rings (SSSR count). The Balaban J connectivity index is 2.43. The third-order valence-electron chi connectivity index (χ3n) is 2.56. The average Bonchev–Trinajstić information content (AvgIpc) is 2.40. The minimum atomic E-state index is -0.144. The quantitative estimate of drug-likeness (QED) is 0.694. The largest absolute Gasteiger partial charge is 0.494 e. The highest BCUT2D eigenvalue weighted by molar-refractivity contribution is 5.77. The van der Waals surface area contributed by atoms with Crippen LogP contribution in [0.2, 0.25) is 0 Å². The van der Waals surface area contributed by atoms with E-state index in [-0.39, 0.29) is 18.6 Å². The molecule has 1 atom stereocenters. The van der Waals surface area contributed by atoms with E-state index in [1.807, 2.05) is 38.1 Å². The van der Waals surface area contributed by atoms with Gasteiger partial charge in [0.05, 0.1) is 19.3 Å². The molecule has 3 N–H and O–H groups in total. The van der Waals surface area contributed by atoms with Gasteiger partial charge in [0.1, 0.15) is 12.4 Å². The van der Waals surface area contributed by atoms with Crippen molar-refractivity contribution in [1.82, 2.24) is 5.32 Å². The molecule has 0 fully saturated rings. The standard InChI is InChI=1S/C14H22N2O3/c1-3-19-13-6-4-12(5-7-13)11(2)16-14(17)10-18-9-8-15/h4-7,11H,3,8-10,15H2,1-2H3,(H,16,17). The van der Waals surface area contributed by atoms with E-state index >= 15 is 0 Å². The summed E-state index contributed by atoms with van der Waals surface area (Å²) < 4.78 is 10.4. The van der Waals surface area contributed by atoms with E-state index in [2.05, 4.69) is 5.32 Å². The number of ether oxygens (including phenoxy) is 2. The fourth-order valence-electron chi connectivity index (χ4n) is 1.63. The molecule has 1 aromatic carbocycles. The van der Waals surface area contributed by atoms with E-state index in [0.29, 0.717) is 19.8 Å². The number of nitrogens with two attached hydrogens (primary N) is 1. The van der Waals surface area contributed by atoms with Crippen molar-refractivity contribution < 1.29 is 14.3 Å². The summed E-state index contributed by atoms with van der Waals surface area (Å²) in [5.74, 6) is 0.686. The first kappa shape index (κ1) is 15.5. The molecule has 0 aromatic heterocycles. The van der Waals surface area contributed by atoms with E-state index in [1.165, 1.54) is 0 Å². The summed E-state index contributed by atoms with van der Waals surface area (Å²) >= 11 is 0. The van der Waals surface area contributed by atoms with Crippen molar-refractivity contribution in [2.24, 2.45) is 5.73 Å². The first-order valence-electron chi connectivity index (χ1n) is 6.47. The lowest BCUT2D eigenvalue weighted by molar-refractivity contribution is -0.126. The topological polar surface area (TPSA) is 73.6 Å². The molecule has 0 aliphatic rings. The van der Waals surface area contributed by atoms with Crippen LogP contribution in [0.3, 0.4) is 0 Å². The Morgan fingerprint density at radius 1 is 1.37 bits per heavy atom. The second kappa shape index (κ2) is 8.50. The fourth-order valence-corrected chi connectivity index (χ4v) is 1.63. The van der Waals surface area contributed by atoms with Crippen LogP contribution < -0.4 is 15.8 Å². The summed E-state index contributed by atoms with van der Waals surface area (Å²) in [6, 6.07) is 7.61. The molecular formula is C14H22N2O3. The van der Waals surface area contributed by atoms with Crippen LogP contribution in [0, 0.1) is 0 Å². The first-order chi connectivity index (χ1) is 9.17. The van der Waals surface area contributed by atoms with Gasteiger partial charge in [0.2, 0.25) is 5.91 Å².